The number of aromatic nitrogens is 2. The third-order valence-corrected chi connectivity index (χ3v) is 3.87. The fraction of sp³-hybridized carbons (Fsp3) is 0.333. The summed E-state index contributed by atoms with van der Waals surface area (Å²) in [4.78, 5) is 12.3. The van der Waals surface area contributed by atoms with Crippen LogP contribution in [-0.2, 0) is 20.0 Å². The fourth-order valence-electron chi connectivity index (χ4n) is 2.54. The Hall–Kier alpha value is -2.14. The highest BCUT2D eigenvalue weighted by molar-refractivity contribution is 6.05. The van der Waals surface area contributed by atoms with E-state index in [9.17, 15) is 4.79 Å². The van der Waals surface area contributed by atoms with Crippen LogP contribution in [0.4, 0.5) is 5.69 Å². The second-order valence-corrected chi connectivity index (χ2v) is 5.09. The molecule has 1 aromatic carbocycles. The molecule has 1 aliphatic heterocycles. The molecule has 1 aromatic heterocycles. The summed E-state index contributed by atoms with van der Waals surface area (Å²) in [7, 11) is 1.83. The fourth-order valence-corrected chi connectivity index (χ4v) is 2.54. The van der Waals surface area contributed by atoms with Gasteiger partial charge in [0.05, 0.1) is 11.8 Å². The first kappa shape index (κ1) is 12.9. The highest BCUT2D eigenvalue weighted by atomic mass is 16.1. The molecule has 2 N–H and O–H groups in total. The van der Waals surface area contributed by atoms with E-state index in [1.807, 2.05) is 26.1 Å². The highest BCUT2D eigenvalue weighted by Gasteiger charge is 2.17. The number of amides is 1. The average Bonchev–Trinajstić information content (AvgIpc) is 2.79. The molecule has 20 heavy (non-hydrogen) atoms. The molecule has 0 radical (unpaired) electrons. The SMILES string of the molecule is Cc1c(C(=O)Nc2cccc3c2CNCC3)cnn1C. The number of rotatable bonds is 2. The maximum atomic E-state index is 12.3. The molecule has 0 saturated carbocycles. The van der Waals surface area contributed by atoms with Crippen molar-refractivity contribution in [3.63, 3.8) is 0 Å². The first-order valence-electron chi connectivity index (χ1n) is 6.78. The molecule has 5 heteroatoms. The van der Waals surface area contributed by atoms with E-state index in [0.29, 0.717) is 5.56 Å². The van der Waals surface area contributed by atoms with Crippen LogP contribution in [0, 0.1) is 6.92 Å². The summed E-state index contributed by atoms with van der Waals surface area (Å²) in [6.45, 7) is 3.69. The standard InChI is InChI=1S/C15H18N4O/c1-10-12(9-17-19(10)2)15(20)18-14-5-3-4-11-6-7-16-8-13(11)14/h3-5,9,16H,6-8H2,1-2H3,(H,18,20). The van der Waals surface area contributed by atoms with Gasteiger partial charge in [-0.25, -0.2) is 0 Å². The smallest absolute Gasteiger partial charge is 0.259 e. The van der Waals surface area contributed by atoms with Crippen LogP contribution < -0.4 is 10.6 Å². The molecule has 0 bridgehead atoms. The van der Waals surface area contributed by atoms with Crippen molar-refractivity contribution in [1.29, 1.82) is 0 Å². The molecule has 2 aromatic rings. The molecule has 0 aliphatic carbocycles. The molecular weight excluding hydrogens is 252 g/mol. The minimum Gasteiger partial charge on any atom is -0.322 e. The lowest BCUT2D eigenvalue weighted by molar-refractivity contribution is 0.102. The summed E-state index contributed by atoms with van der Waals surface area (Å²) in [5, 5.41) is 10.5. The summed E-state index contributed by atoms with van der Waals surface area (Å²) in [6.07, 6.45) is 2.61. The van der Waals surface area contributed by atoms with Gasteiger partial charge in [-0.3, -0.25) is 9.48 Å². The average molecular weight is 270 g/mol. The van der Waals surface area contributed by atoms with Crippen molar-refractivity contribution < 1.29 is 4.79 Å². The van der Waals surface area contributed by atoms with Crippen LogP contribution in [0.1, 0.15) is 27.2 Å². The van der Waals surface area contributed by atoms with Gasteiger partial charge in [0.25, 0.3) is 5.91 Å². The second-order valence-electron chi connectivity index (χ2n) is 5.09. The molecule has 0 unspecified atom stereocenters. The van der Waals surface area contributed by atoms with Crippen LogP contribution >= 0.6 is 0 Å². The van der Waals surface area contributed by atoms with E-state index < -0.39 is 0 Å². The summed E-state index contributed by atoms with van der Waals surface area (Å²) in [5.41, 5.74) is 4.88. The van der Waals surface area contributed by atoms with Gasteiger partial charge in [0.1, 0.15) is 0 Å². The van der Waals surface area contributed by atoms with Gasteiger partial charge in [0.2, 0.25) is 0 Å². The first-order valence-corrected chi connectivity index (χ1v) is 6.78. The Bertz CT molecular complexity index is 660. The molecular formula is C15H18N4O. The number of carbonyl (C=O) groups excluding carboxylic acids is 1. The van der Waals surface area contributed by atoms with Gasteiger partial charge in [-0.05, 0) is 37.1 Å². The zero-order chi connectivity index (χ0) is 14.1. The van der Waals surface area contributed by atoms with Gasteiger partial charge in [-0.2, -0.15) is 5.10 Å². The third-order valence-electron chi connectivity index (χ3n) is 3.87. The normalized spacial score (nSPS) is 13.9. The van der Waals surface area contributed by atoms with E-state index in [0.717, 1.165) is 30.9 Å². The Kier molecular flexibility index (Phi) is 3.28. The maximum Gasteiger partial charge on any atom is 0.259 e. The number of nitrogens with zero attached hydrogens (tertiary/aromatic N) is 2. The summed E-state index contributed by atoms with van der Waals surface area (Å²) >= 11 is 0. The van der Waals surface area contributed by atoms with Crippen LogP contribution in [0.15, 0.2) is 24.4 Å². The Labute approximate surface area is 118 Å². The lowest BCUT2D eigenvalue weighted by Crippen LogP contribution is -2.25. The van der Waals surface area contributed by atoms with Gasteiger partial charge in [0.15, 0.2) is 0 Å². The van der Waals surface area contributed by atoms with Crippen molar-refractivity contribution in [1.82, 2.24) is 15.1 Å². The largest absolute Gasteiger partial charge is 0.322 e. The van der Waals surface area contributed by atoms with Gasteiger partial charge in [-0.15, -0.1) is 0 Å². The molecule has 3 rings (SSSR count). The first-order chi connectivity index (χ1) is 9.66. The lowest BCUT2D eigenvalue weighted by atomic mass is 9.99. The van der Waals surface area contributed by atoms with Gasteiger partial charge in [-0.1, -0.05) is 12.1 Å². The number of fused-ring (bicyclic) bond motifs is 1. The van der Waals surface area contributed by atoms with Gasteiger partial charge >= 0.3 is 0 Å². The van der Waals surface area contributed by atoms with Crippen molar-refractivity contribution in [2.75, 3.05) is 11.9 Å². The Morgan fingerprint density at radius 2 is 2.30 bits per heavy atom. The summed E-state index contributed by atoms with van der Waals surface area (Å²) in [5.74, 6) is -0.102. The zero-order valence-electron chi connectivity index (χ0n) is 11.7. The minimum absolute atomic E-state index is 0.102. The summed E-state index contributed by atoms with van der Waals surface area (Å²) < 4.78 is 1.71. The third kappa shape index (κ3) is 2.20. The Balaban J connectivity index is 1.88. The van der Waals surface area contributed by atoms with E-state index in [1.165, 1.54) is 11.1 Å². The van der Waals surface area contributed by atoms with Crippen LogP contribution in [0.5, 0.6) is 0 Å². The molecule has 0 spiro atoms. The van der Waals surface area contributed by atoms with Gasteiger partial charge in [0, 0.05) is 25.0 Å². The zero-order valence-corrected chi connectivity index (χ0v) is 11.7. The summed E-state index contributed by atoms with van der Waals surface area (Å²) in [6, 6.07) is 6.08. The molecule has 104 valence electrons. The number of nitrogens with one attached hydrogen (secondary N) is 2. The topological polar surface area (TPSA) is 59.0 Å². The van der Waals surface area contributed by atoms with Crippen molar-refractivity contribution >= 4 is 11.6 Å². The number of benzene rings is 1. The number of hydrogen-bond acceptors (Lipinski definition) is 3. The molecule has 0 saturated heterocycles. The quantitative estimate of drug-likeness (QED) is 0.872. The minimum atomic E-state index is -0.102. The predicted octanol–water partition coefficient (Wildman–Crippen LogP) is 1.63. The monoisotopic (exact) mass is 270 g/mol. The molecule has 5 nitrogen and oxygen atoms in total. The predicted molar refractivity (Wildman–Crippen MR) is 77.8 cm³/mol. The van der Waals surface area contributed by atoms with Crippen LogP contribution in [0.25, 0.3) is 0 Å². The maximum absolute atomic E-state index is 12.3. The molecule has 1 aliphatic rings. The van der Waals surface area contributed by atoms with Crippen molar-refractivity contribution in [2.24, 2.45) is 7.05 Å². The van der Waals surface area contributed by atoms with E-state index in [1.54, 1.807) is 10.9 Å². The van der Waals surface area contributed by atoms with E-state index in [2.05, 4.69) is 21.8 Å². The highest BCUT2D eigenvalue weighted by Crippen LogP contribution is 2.23. The second kappa shape index (κ2) is 5.09. The van der Waals surface area contributed by atoms with E-state index in [4.69, 9.17) is 0 Å². The molecule has 0 fully saturated rings. The Morgan fingerprint density at radius 1 is 1.45 bits per heavy atom. The molecule has 1 amide bonds. The van der Waals surface area contributed by atoms with Crippen LogP contribution in [-0.4, -0.2) is 22.2 Å². The van der Waals surface area contributed by atoms with Crippen LogP contribution in [0.3, 0.4) is 0 Å². The lowest BCUT2D eigenvalue weighted by Gasteiger charge is -2.20. The van der Waals surface area contributed by atoms with E-state index in [-0.39, 0.29) is 5.91 Å². The number of aryl methyl sites for hydroxylation is 1. The number of carbonyl (C=O) groups is 1. The van der Waals surface area contributed by atoms with Gasteiger partial charge < -0.3 is 10.6 Å². The number of hydrogen-bond donors (Lipinski definition) is 2. The Morgan fingerprint density at radius 3 is 3.05 bits per heavy atom. The van der Waals surface area contributed by atoms with Crippen molar-refractivity contribution in [2.45, 2.75) is 19.9 Å². The molecule has 0 atom stereocenters. The van der Waals surface area contributed by atoms with Crippen LogP contribution in [0.2, 0.25) is 0 Å². The number of anilines is 1. The van der Waals surface area contributed by atoms with E-state index >= 15 is 0 Å². The van der Waals surface area contributed by atoms with Crippen molar-refractivity contribution in [3.05, 3.63) is 46.8 Å². The molecule has 2 heterocycles. The van der Waals surface area contributed by atoms with Crippen molar-refractivity contribution in [3.8, 4) is 0 Å².